The number of aliphatic imine (C=N–C) groups is 1. The van der Waals surface area contributed by atoms with Crippen molar-refractivity contribution in [2.75, 3.05) is 58.9 Å². The van der Waals surface area contributed by atoms with Crippen molar-refractivity contribution >= 4 is 46.7 Å². The lowest BCUT2D eigenvalue weighted by molar-refractivity contribution is 0.128. The largest absolute Gasteiger partial charge is 0.383 e. The molecule has 1 saturated heterocycles. The Bertz CT molecular complexity index is 836. The van der Waals surface area contributed by atoms with Gasteiger partial charge >= 0.3 is 0 Å². The summed E-state index contributed by atoms with van der Waals surface area (Å²) in [4.78, 5) is 14.2. The summed E-state index contributed by atoms with van der Waals surface area (Å²) in [5, 5.41) is 8.22. The second-order valence-corrected chi connectivity index (χ2v) is 8.00. The highest BCUT2D eigenvalue weighted by Gasteiger charge is 2.19. The van der Waals surface area contributed by atoms with Gasteiger partial charge in [0.05, 0.1) is 18.7 Å². The normalized spacial score (nSPS) is 15.5. The maximum Gasteiger partial charge on any atom is 0.191 e. The minimum atomic E-state index is 0. The Kier molecular flexibility index (Phi) is 10.8. The molecule has 1 fully saturated rings. The van der Waals surface area contributed by atoms with Gasteiger partial charge < -0.3 is 25.2 Å². The number of para-hydroxylation sites is 1. The summed E-state index contributed by atoms with van der Waals surface area (Å²) in [6, 6.07) is 10.9. The van der Waals surface area contributed by atoms with Crippen LogP contribution < -0.4 is 15.5 Å². The molecule has 1 aliphatic heterocycles. The summed E-state index contributed by atoms with van der Waals surface area (Å²) in [6.07, 6.45) is 2.24. The summed E-state index contributed by atoms with van der Waals surface area (Å²) < 4.78 is 5.20. The molecule has 2 heterocycles. The van der Waals surface area contributed by atoms with Crippen LogP contribution in [0.2, 0.25) is 0 Å². The number of aromatic nitrogens is 1. The maximum absolute atomic E-state index is 5.20. The topological polar surface area (TPSA) is 65.0 Å². The quantitative estimate of drug-likeness (QED) is 0.305. The van der Waals surface area contributed by atoms with E-state index in [1.165, 1.54) is 5.56 Å². The van der Waals surface area contributed by atoms with Gasteiger partial charge in [-0.15, -0.1) is 24.0 Å². The molecule has 0 aliphatic carbocycles. The first-order chi connectivity index (χ1) is 14.6. The molecule has 1 aromatic heterocycles. The molecule has 2 N–H and O–H groups in total. The highest BCUT2D eigenvalue weighted by molar-refractivity contribution is 14.0. The molecule has 0 radical (unpaired) electrons. The molecule has 0 saturated carbocycles. The summed E-state index contributed by atoms with van der Waals surface area (Å²) in [5.74, 6) is 1.85. The van der Waals surface area contributed by atoms with Gasteiger partial charge in [0.15, 0.2) is 5.96 Å². The van der Waals surface area contributed by atoms with Crippen LogP contribution in [0, 0.1) is 0 Å². The van der Waals surface area contributed by atoms with Crippen molar-refractivity contribution in [3.05, 3.63) is 35.9 Å². The summed E-state index contributed by atoms with van der Waals surface area (Å²) in [7, 11) is 5.81. The second-order valence-electron chi connectivity index (χ2n) is 8.00. The molecular weight excluding hydrogens is 503 g/mol. The Labute approximate surface area is 203 Å². The molecular formula is C23H37IN6O. The zero-order valence-corrected chi connectivity index (χ0v) is 21.6. The van der Waals surface area contributed by atoms with Crippen LogP contribution in [0.3, 0.4) is 0 Å². The van der Waals surface area contributed by atoms with E-state index in [4.69, 9.17) is 14.7 Å². The average molecular weight is 540 g/mol. The molecule has 7 nitrogen and oxygen atoms in total. The van der Waals surface area contributed by atoms with Crippen molar-refractivity contribution in [2.45, 2.75) is 32.4 Å². The van der Waals surface area contributed by atoms with Crippen LogP contribution in [-0.4, -0.2) is 75.9 Å². The number of hydrogen-bond acceptors (Lipinski definition) is 5. The van der Waals surface area contributed by atoms with Crippen LogP contribution in [0.15, 0.2) is 35.3 Å². The first-order valence-corrected chi connectivity index (χ1v) is 10.9. The van der Waals surface area contributed by atoms with Gasteiger partial charge in [0.1, 0.15) is 5.82 Å². The predicted molar refractivity (Wildman–Crippen MR) is 141 cm³/mol. The smallest absolute Gasteiger partial charge is 0.191 e. The van der Waals surface area contributed by atoms with Gasteiger partial charge in [0.25, 0.3) is 0 Å². The molecule has 1 aliphatic rings. The number of methoxy groups -OCH3 is 1. The van der Waals surface area contributed by atoms with Gasteiger partial charge in [-0.25, -0.2) is 9.98 Å². The number of fused-ring (bicyclic) bond motifs is 1. The third kappa shape index (κ3) is 7.47. The van der Waals surface area contributed by atoms with E-state index in [0.29, 0.717) is 12.6 Å². The standard InChI is InChI=1S/C23H36N6O.HI/c1-5-24-23(26-19-10-12-29(13-11-19)14-15-30-4)25-17-18-16-22(28(2)3)27-21-9-7-6-8-20(18)21;/h6-9,16,19H,5,10-15,17H2,1-4H3,(H2,24,25,26);1H. The van der Waals surface area contributed by atoms with Crippen LogP contribution in [0.4, 0.5) is 5.82 Å². The van der Waals surface area contributed by atoms with Gasteiger partial charge in [-0.1, -0.05) is 18.2 Å². The second kappa shape index (κ2) is 13.0. The number of nitrogens with zero attached hydrogens (tertiary/aromatic N) is 4. The first-order valence-electron chi connectivity index (χ1n) is 10.9. The first kappa shape index (κ1) is 25.6. The molecule has 8 heteroatoms. The number of piperidine rings is 1. The molecule has 0 spiro atoms. The highest BCUT2D eigenvalue weighted by Crippen LogP contribution is 2.22. The summed E-state index contributed by atoms with van der Waals surface area (Å²) in [6.45, 7) is 7.59. The number of ether oxygens (including phenoxy) is 1. The number of guanidine groups is 1. The van der Waals surface area contributed by atoms with Crippen LogP contribution >= 0.6 is 24.0 Å². The van der Waals surface area contributed by atoms with E-state index in [1.807, 2.05) is 25.1 Å². The molecule has 0 bridgehead atoms. The van der Waals surface area contributed by atoms with Gasteiger partial charge in [-0.2, -0.15) is 0 Å². The number of rotatable bonds is 8. The van der Waals surface area contributed by atoms with Crippen molar-refractivity contribution in [1.29, 1.82) is 0 Å². The Morgan fingerprint density at radius 3 is 2.68 bits per heavy atom. The summed E-state index contributed by atoms with van der Waals surface area (Å²) in [5.41, 5.74) is 2.20. The molecule has 3 rings (SSSR count). The maximum atomic E-state index is 5.20. The number of benzene rings is 1. The number of likely N-dealkylation sites (tertiary alicyclic amines) is 1. The molecule has 0 atom stereocenters. The number of nitrogens with one attached hydrogen (secondary N) is 2. The highest BCUT2D eigenvalue weighted by atomic mass is 127. The minimum absolute atomic E-state index is 0. The number of halogens is 1. The predicted octanol–water partition coefficient (Wildman–Crippen LogP) is 3.08. The van der Waals surface area contributed by atoms with Gasteiger partial charge in [-0.05, 0) is 37.5 Å². The van der Waals surface area contributed by atoms with E-state index >= 15 is 0 Å². The van der Waals surface area contributed by atoms with Crippen LogP contribution in [-0.2, 0) is 11.3 Å². The van der Waals surface area contributed by atoms with E-state index in [0.717, 1.165) is 68.3 Å². The van der Waals surface area contributed by atoms with E-state index < -0.39 is 0 Å². The van der Waals surface area contributed by atoms with Crippen molar-refractivity contribution in [2.24, 2.45) is 4.99 Å². The SMILES string of the molecule is CCNC(=NCc1cc(N(C)C)nc2ccccc12)NC1CCN(CCOC)CC1.I. The minimum Gasteiger partial charge on any atom is -0.383 e. The molecule has 2 aromatic rings. The third-order valence-corrected chi connectivity index (χ3v) is 5.54. The Balaban J connectivity index is 0.00000341. The Morgan fingerprint density at radius 2 is 2.00 bits per heavy atom. The van der Waals surface area contributed by atoms with Crippen molar-refractivity contribution < 1.29 is 4.74 Å². The molecule has 0 unspecified atom stereocenters. The summed E-state index contributed by atoms with van der Waals surface area (Å²) >= 11 is 0. The van der Waals surface area contributed by atoms with Gasteiger partial charge in [-0.3, -0.25) is 0 Å². The fourth-order valence-electron chi connectivity index (χ4n) is 3.79. The number of pyridine rings is 1. The number of anilines is 1. The van der Waals surface area contributed by atoms with E-state index in [1.54, 1.807) is 7.11 Å². The van der Waals surface area contributed by atoms with E-state index in [2.05, 4.69) is 46.7 Å². The van der Waals surface area contributed by atoms with Crippen LogP contribution in [0.5, 0.6) is 0 Å². The molecule has 31 heavy (non-hydrogen) atoms. The van der Waals surface area contributed by atoms with Crippen molar-refractivity contribution in [3.8, 4) is 0 Å². The van der Waals surface area contributed by atoms with Crippen LogP contribution in [0.1, 0.15) is 25.3 Å². The zero-order valence-electron chi connectivity index (χ0n) is 19.2. The van der Waals surface area contributed by atoms with Gasteiger partial charge in [0.2, 0.25) is 0 Å². The Morgan fingerprint density at radius 1 is 1.26 bits per heavy atom. The lowest BCUT2D eigenvalue weighted by atomic mass is 10.1. The third-order valence-electron chi connectivity index (χ3n) is 5.54. The fourth-order valence-corrected chi connectivity index (χ4v) is 3.79. The van der Waals surface area contributed by atoms with Crippen LogP contribution in [0.25, 0.3) is 10.9 Å². The van der Waals surface area contributed by atoms with Crippen molar-refractivity contribution in [3.63, 3.8) is 0 Å². The monoisotopic (exact) mass is 540 g/mol. The van der Waals surface area contributed by atoms with E-state index in [-0.39, 0.29) is 24.0 Å². The lowest BCUT2D eigenvalue weighted by Crippen LogP contribution is -2.49. The van der Waals surface area contributed by atoms with E-state index in [9.17, 15) is 0 Å². The average Bonchev–Trinajstić information content (AvgIpc) is 2.76. The Hall–Kier alpha value is -1.65. The number of hydrogen-bond donors (Lipinski definition) is 2. The van der Waals surface area contributed by atoms with Gasteiger partial charge in [0, 0.05) is 58.8 Å². The van der Waals surface area contributed by atoms with Crippen molar-refractivity contribution in [1.82, 2.24) is 20.5 Å². The lowest BCUT2D eigenvalue weighted by Gasteiger charge is -2.32. The molecule has 172 valence electrons. The fraction of sp³-hybridized carbons (Fsp3) is 0.565. The zero-order chi connectivity index (χ0) is 21.3. The molecule has 1 aromatic carbocycles. The molecule has 0 amide bonds.